The van der Waals surface area contributed by atoms with Crippen molar-refractivity contribution in [3.05, 3.63) is 41.4 Å². The lowest BCUT2D eigenvalue weighted by Gasteiger charge is -2.11. The number of ether oxygens (including phenoxy) is 1. The van der Waals surface area contributed by atoms with E-state index in [1.165, 1.54) is 19.9 Å². The summed E-state index contributed by atoms with van der Waals surface area (Å²) in [4.78, 5) is 11.0. The molecule has 0 aliphatic heterocycles. The van der Waals surface area contributed by atoms with Crippen molar-refractivity contribution in [2.24, 2.45) is 0 Å². The Morgan fingerprint density at radius 2 is 1.94 bits per heavy atom. The maximum atomic E-state index is 13.0. The first-order chi connectivity index (χ1) is 8.25. The van der Waals surface area contributed by atoms with E-state index in [9.17, 15) is 22.4 Å². The van der Waals surface area contributed by atoms with E-state index >= 15 is 0 Å². The molecule has 2 nitrogen and oxygen atoms in total. The topological polar surface area (TPSA) is 26.3 Å². The summed E-state index contributed by atoms with van der Waals surface area (Å²) in [7, 11) is 0. The van der Waals surface area contributed by atoms with Gasteiger partial charge in [0.15, 0.2) is 11.5 Å². The van der Waals surface area contributed by atoms with E-state index in [0.717, 1.165) is 6.07 Å². The largest absolute Gasteiger partial charge is 0.454 e. The average Bonchev–Trinajstić information content (AvgIpc) is 2.25. The van der Waals surface area contributed by atoms with E-state index in [1.807, 2.05) is 0 Å². The third-order valence-corrected chi connectivity index (χ3v) is 2.08. The van der Waals surface area contributed by atoms with Gasteiger partial charge in [-0.3, -0.25) is 4.79 Å². The van der Waals surface area contributed by atoms with Crippen molar-refractivity contribution in [1.82, 2.24) is 0 Å². The summed E-state index contributed by atoms with van der Waals surface area (Å²) in [5.74, 6) is -2.17. The van der Waals surface area contributed by atoms with Crippen molar-refractivity contribution in [3.8, 4) is 5.75 Å². The third-order valence-electron chi connectivity index (χ3n) is 2.08. The first kappa shape index (κ1) is 14.2. The molecule has 0 spiro atoms. The first-order valence-electron chi connectivity index (χ1n) is 4.97. The van der Waals surface area contributed by atoms with Crippen molar-refractivity contribution in [2.45, 2.75) is 20.0 Å². The number of hydrogen-bond donors (Lipinski definition) is 0. The summed E-state index contributed by atoms with van der Waals surface area (Å²) in [5.41, 5.74) is -1.43. The van der Waals surface area contributed by atoms with E-state index < -0.39 is 23.3 Å². The summed E-state index contributed by atoms with van der Waals surface area (Å²) in [6, 6.07) is 2.18. The number of ketones is 1. The second-order valence-electron chi connectivity index (χ2n) is 3.45. The van der Waals surface area contributed by atoms with Crippen LogP contribution in [0.2, 0.25) is 0 Å². The highest BCUT2D eigenvalue weighted by Gasteiger charge is 2.34. The quantitative estimate of drug-likeness (QED) is 0.471. The number of allylic oxidation sites excluding steroid dienone is 2. The monoisotopic (exact) mass is 262 g/mol. The Balaban J connectivity index is 3.10. The molecule has 0 aliphatic carbocycles. The van der Waals surface area contributed by atoms with E-state index in [1.54, 1.807) is 0 Å². The van der Waals surface area contributed by atoms with Gasteiger partial charge in [-0.15, -0.1) is 0 Å². The molecular formula is C12H10F4O2. The highest BCUT2D eigenvalue weighted by molar-refractivity contribution is 5.91. The lowest BCUT2D eigenvalue weighted by Crippen LogP contribution is -2.10. The summed E-state index contributed by atoms with van der Waals surface area (Å²) in [6.45, 7) is 2.72. The van der Waals surface area contributed by atoms with Crippen LogP contribution in [0.1, 0.15) is 19.4 Å². The Morgan fingerprint density at radius 3 is 2.39 bits per heavy atom. The molecule has 1 aromatic rings. The van der Waals surface area contributed by atoms with Crippen LogP contribution in [0.5, 0.6) is 5.75 Å². The fourth-order valence-electron chi connectivity index (χ4n) is 1.25. The molecule has 6 heteroatoms. The normalized spacial score (nSPS) is 12.4. The Morgan fingerprint density at radius 1 is 1.33 bits per heavy atom. The summed E-state index contributed by atoms with van der Waals surface area (Å²) >= 11 is 0. The van der Waals surface area contributed by atoms with E-state index in [2.05, 4.69) is 0 Å². The molecule has 0 unspecified atom stereocenters. The zero-order chi connectivity index (χ0) is 13.9. The van der Waals surface area contributed by atoms with Gasteiger partial charge in [0.25, 0.3) is 0 Å². The van der Waals surface area contributed by atoms with Gasteiger partial charge in [0.1, 0.15) is 11.6 Å². The van der Waals surface area contributed by atoms with Crippen LogP contribution in [-0.4, -0.2) is 5.78 Å². The second kappa shape index (κ2) is 5.20. The van der Waals surface area contributed by atoms with E-state index in [0.29, 0.717) is 12.1 Å². The molecule has 18 heavy (non-hydrogen) atoms. The molecular weight excluding hydrogens is 252 g/mol. The maximum absolute atomic E-state index is 13.0. The Labute approximate surface area is 101 Å². The molecule has 1 aromatic carbocycles. The molecule has 0 N–H and O–H groups in total. The lowest BCUT2D eigenvalue weighted by molar-refractivity contribution is -0.140. The van der Waals surface area contributed by atoms with Crippen molar-refractivity contribution in [2.75, 3.05) is 0 Å². The zero-order valence-corrected chi connectivity index (χ0v) is 9.64. The van der Waals surface area contributed by atoms with E-state index in [-0.39, 0.29) is 11.5 Å². The predicted molar refractivity (Wildman–Crippen MR) is 56.5 cm³/mol. The molecule has 0 heterocycles. The van der Waals surface area contributed by atoms with Gasteiger partial charge in [0, 0.05) is 6.92 Å². The maximum Gasteiger partial charge on any atom is 0.419 e. The van der Waals surface area contributed by atoms with Crippen molar-refractivity contribution in [3.63, 3.8) is 0 Å². The van der Waals surface area contributed by atoms with Crippen LogP contribution < -0.4 is 4.74 Å². The Bertz CT molecular complexity index is 489. The second-order valence-corrected chi connectivity index (χ2v) is 3.45. The highest BCUT2D eigenvalue weighted by Crippen LogP contribution is 2.33. The standard InChI is InChI=1S/C12H10F4O2/c1-3-11(7(2)17)18-8-4-5-10(13)9(6-8)12(14,15)16/h3-6H,1-2H3/b11-3-. The molecule has 0 aliphatic rings. The molecule has 0 radical (unpaired) electrons. The number of carbonyl (C=O) groups is 1. The number of rotatable bonds is 3. The van der Waals surface area contributed by atoms with Gasteiger partial charge in [0.2, 0.25) is 0 Å². The molecule has 0 atom stereocenters. The number of halogens is 4. The minimum Gasteiger partial charge on any atom is -0.454 e. The van der Waals surface area contributed by atoms with Crippen LogP contribution >= 0.6 is 0 Å². The lowest BCUT2D eigenvalue weighted by atomic mass is 10.2. The van der Waals surface area contributed by atoms with Gasteiger partial charge in [-0.1, -0.05) is 0 Å². The van der Waals surface area contributed by atoms with E-state index in [4.69, 9.17) is 4.74 Å². The van der Waals surface area contributed by atoms with Gasteiger partial charge in [-0.2, -0.15) is 13.2 Å². The van der Waals surface area contributed by atoms with Crippen LogP contribution in [0.3, 0.4) is 0 Å². The molecule has 0 bridgehead atoms. The van der Waals surface area contributed by atoms with Crippen molar-refractivity contribution in [1.29, 1.82) is 0 Å². The molecule has 0 aromatic heterocycles. The minimum atomic E-state index is -4.81. The van der Waals surface area contributed by atoms with Crippen molar-refractivity contribution < 1.29 is 27.1 Å². The van der Waals surface area contributed by atoms with Crippen molar-refractivity contribution >= 4 is 5.78 Å². The van der Waals surface area contributed by atoms with Crippen LogP contribution in [-0.2, 0) is 11.0 Å². The molecule has 0 amide bonds. The number of carbonyl (C=O) groups excluding carboxylic acids is 1. The summed E-state index contributed by atoms with van der Waals surface area (Å²) in [6.07, 6.45) is -3.49. The average molecular weight is 262 g/mol. The molecule has 0 saturated heterocycles. The Hall–Kier alpha value is -1.85. The molecule has 0 saturated carbocycles. The van der Waals surface area contributed by atoms with Crippen LogP contribution in [0, 0.1) is 5.82 Å². The number of hydrogen-bond acceptors (Lipinski definition) is 2. The number of alkyl halides is 3. The minimum absolute atomic E-state index is 0.102. The predicted octanol–water partition coefficient (Wildman–Crippen LogP) is 3.72. The third kappa shape index (κ3) is 3.32. The SMILES string of the molecule is C/C=C(\Oc1ccc(F)c(C(F)(F)F)c1)C(C)=O. The smallest absolute Gasteiger partial charge is 0.419 e. The molecule has 0 fully saturated rings. The highest BCUT2D eigenvalue weighted by atomic mass is 19.4. The molecule has 98 valence electrons. The van der Waals surface area contributed by atoms with Crippen LogP contribution in [0.15, 0.2) is 30.0 Å². The van der Waals surface area contributed by atoms with Gasteiger partial charge in [0.05, 0.1) is 5.56 Å². The van der Waals surface area contributed by atoms with Crippen LogP contribution in [0.4, 0.5) is 17.6 Å². The van der Waals surface area contributed by atoms with Gasteiger partial charge >= 0.3 is 6.18 Å². The fourth-order valence-corrected chi connectivity index (χ4v) is 1.25. The van der Waals surface area contributed by atoms with Gasteiger partial charge in [-0.25, -0.2) is 4.39 Å². The number of benzene rings is 1. The molecule has 1 rings (SSSR count). The zero-order valence-electron chi connectivity index (χ0n) is 9.64. The number of Topliss-reactive ketones (excluding diaryl/α,β-unsaturated/α-hetero) is 1. The Kier molecular flexibility index (Phi) is 4.11. The first-order valence-corrected chi connectivity index (χ1v) is 4.97. The summed E-state index contributed by atoms with van der Waals surface area (Å²) in [5, 5.41) is 0. The van der Waals surface area contributed by atoms with Gasteiger partial charge < -0.3 is 4.74 Å². The summed E-state index contributed by atoms with van der Waals surface area (Å²) < 4.78 is 55.2. The van der Waals surface area contributed by atoms with Crippen LogP contribution in [0.25, 0.3) is 0 Å². The van der Waals surface area contributed by atoms with Gasteiger partial charge in [-0.05, 0) is 31.2 Å². The fraction of sp³-hybridized carbons (Fsp3) is 0.250.